The van der Waals surface area contributed by atoms with Crippen LogP contribution < -0.4 is 5.32 Å². The van der Waals surface area contributed by atoms with Crippen molar-refractivity contribution in [3.63, 3.8) is 0 Å². The Morgan fingerprint density at radius 2 is 1.72 bits per heavy atom. The molecule has 0 aliphatic heterocycles. The molecule has 0 unspecified atom stereocenters. The van der Waals surface area contributed by atoms with E-state index in [1.807, 2.05) is 0 Å². The molecular weight excluding hydrogens is 228 g/mol. The number of para-hydroxylation sites is 1. The quantitative estimate of drug-likeness (QED) is 0.837. The normalized spacial score (nSPS) is 9.83. The molecule has 90 valence electrons. The Labute approximate surface area is 105 Å². The molecule has 1 aromatic heterocycles. The summed E-state index contributed by atoms with van der Waals surface area (Å²) in [6.07, 6.45) is 3.13. The predicted molar refractivity (Wildman–Crippen MR) is 68.4 cm³/mol. The van der Waals surface area contributed by atoms with E-state index in [-0.39, 0.29) is 11.7 Å². The van der Waals surface area contributed by atoms with Crippen LogP contribution in [0.15, 0.2) is 48.8 Å². The molecule has 0 spiro atoms. The maximum atomic E-state index is 12.3. The standard InChI is InChI=1S/C14H12N2O2/c1-10(17)16-13-5-3-2-4-12(13)14(18)11-6-8-15-9-7-11/h2-9H,1H3,(H,16,17). The summed E-state index contributed by atoms with van der Waals surface area (Å²) in [4.78, 5) is 27.2. The van der Waals surface area contributed by atoms with E-state index in [0.29, 0.717) is 16.8 Å². The lowest BCUT2D eigenvalue weighted by molar-refractivity contribution is -0.114. The number of rotatable bonds is 3. The van der Waals surface area contributed by atoms with E-state index in [1.54, 1.807) is 48.8 Å². The molecule has 1 amide bonds. The maximum Gasteiger partial charge on any atom is 0.221 e. The molecule has 4 heteroatoms. The van der Waals surface area contributed by atoms with Crippen LogP contribution in [0.1, 0.15) is 22.8 Å². The van der Waals surface area contributed by atoms with Crippen LogP contribution in [0.4, 0.5) is 5.69 Å². The Morgan fingerprint density at radius 3 is 2.39 bits per heavy atom. The fraction of sp³-hybridized carbons (Fsp3) is 0.0714. The van der Waals surface area contributed by atoms with Crippen LogP contribution in [0.3, 0.4) is 0 Å². The van der Waals surface area contributed by atoms with Gasteiger partial charge in [-0.2, -0.15) is 0 Å². The molecule has 0 saturated carbocycles. The number of nitrogens with zero attached hydrogens (tertiary/aromatic N) is 1. The topological polar surface area (TPSA) is 59.1 Å². The van der Waals surface area contributed by atoms with Gasteiger partial charge in [-0.3, -0.25) is 14.6 Å². The van der Waals surface area contributed by atoms with Crippen molar-refractivity contribution in [2.24, 2.45) is 0 Å². The summed E-state index contributed by atoms with van der Waals surface area (Å²) in [6.45, 7) is 1.41. The predicted octanol–water partition coefficient (Wildman–Crippen LogP) is 2.27. The fourth-order valence-corrected chi connectivity index (χ4v) is 1.64. The van der Waals surface area contributed by atoms with Crippen molar-refractivity contribution >= 4 is 17.4 Å². The first kappa shape index (κ1) is 12.0. The third-order valence-electron chi connectivity index (χ3n) is 2.42. The van der Waals surface area contributed by atoms with Crippen molar-refractivity contribution in [1.82, 2.24) is 4.98 Å². The highest BCUT2D eigenvalue weighted by molar-refractivity contribution is 6.13. The Bertz CT molecular complexity index is 579. The van der Waals surface area contributed by atoms with E-state index in [2.05, 4.69) is 10.3 Å². The lowest BCUT2D eigenvalue weighted by Gasteiger charge is -2.08. The molecule has 2 aromatic rings. The lowest BCUT2D eigenvalue weighted by Crippen LogP contribution is -2.11. The Hall–Kier alpha value is -2.49. The van der Waals surface area contributed by atoms with Crippen LogP contribution >= 0.6 is 0 Å². The summed E-state index contributed by atoms with van der Waals surface area (Å²) in [5, 5.41) is 2.65. The SMILES string of the molecule is CC(=O)Nc1ccccc1C(=O)c1ccncc1. The molecule has 1 N–H and O–H groups in total. The van der Waals surface area contributed by atoms with Crippen LogP contribution in [-0.2, 0) is 4.79 Å². The highest BCUT2D eigenvalue weighted by Gasteiger charge is 2.13. The van der Waals surface area contributed by atoms with Gasteiger partial charge in [0.1, 0.15) is 0 Å². The second-order valence-corrected chi connectivity index (χ2v) is 3.79. The highest BCUT2D eigenvalue weighted by Crippen LogP contribution is 2.18. The Balaban J connectivity index is 2.39. The summed E-state index contributed by atoms with van der Waals surface area (Å²) in [7, 11) is 0. The molecule has 0 bridgehead atoms. The number of amides is 1. The number of pyridine rings is 1. The zero-order chi connectivity index (χ0) is 13.0. The number of benzene rings is 1. The van der Waals surface area contributed by atoms with Crippen LogP contribution in [0.5, 0.6) is 0 Å². The van der Waals surface area contributed by atoms with Crippen molar-refractivity contribution in [3.8, 4) is 0 Å². The smallest absolute Gasteiger partial charge is 0.221 e. The number of hydrogen-bond donors (Lipinski definition) is 1. The van der Waals surface area contributed by atoms with Gasteiger partial charge >= 0.3 is 0 Å². The zero-order valence-corrected chi connectivity index (χ0v) is 9.88. The van der Waals surface area contributed by atoms with Crippen molar-refractivity contribution in [2.45, 2.75) is 6.92 Å². The number of nitrogens with one attached hydrogen (secondary N) is 1. The molecule has 0 aliphatic carbocycles. The minimum atomic E-state index is -0.204. The number of hydrogen-bond acceptors (Lipinski definition) is 3. The first-order valence-corrected chi connectivity index (χ1v) is 5.50. The monoisotopic (exact) mass is 240 g/mol. The fourth-order valence-electron chi connectivity index (χ4n) is 1.64. The number of ketones is 1. The second-order valence-electron chi connectivity index (χ2n) is 3.79. The van der Waals surface area contributed by atoms with Gasteiger partial charge in [-0.25, -0.2) is 0 Å². The highest BCUT2D eigenvalue weighted by atomic mass is 16.1. The molecule has 1 aromatic carbocycles. The van der Waals surface area contributed by atoms with Crippen LogP contribution in [0.25, 0.3) is 0 Å². The van der Waals surface area contributed by atoms with E-state index >= 15 is 0 Å². The molecule has 1 heterocycles. The molecule has 0 atom stereocenters. The largest absolute Gasteiger partial charge is 0.326 e. The van der Waals surface area contributed by atoms with Crippen molar-refractivity contribution < 1.29 is 9.59 Å². The first-order valence-electron chi connectivity index (χ1n) is 5.50. The molecule has 18 heavy (non-hydrogen) atoms. The van der Waals surface area contributed by atoms with Gasteiger partial charge in [-0.15, -0.1) is 0 Å². The van der Waals surface area contributed by atoms with Crippen molar-refractivity contribution in [3.05, 3.63) is 59.9 Å². The minimum absolute atomic E-state index is 0.137. The van der Waals surface area contributed by atoms with E-state index in [0.717, 1.165) is 0 Å². The first-order chi connectivity index (χ1) is 8.68. The van der Waals surface area contributed by atoms with E-state index in [9.17, 15) is 9.59 Å². The number of aromatic nitrogens is 1. The van der Waals surface area contributed by atoms with Crippen molar-refractivity contribution in [2.75, 3.05) is 5.32 Å². The van der Waals surface area contributed by atoms with E-state index < -0.39 is 0 Å². The van der Waals surface area contributed by atoms with Gasteiger partial charge in [0.05, 0.1) is 5.69 Å². The summed E-state index contributed by atoms with van der Waals surface area (Å²) < 4.78 is 0. The molecule has 0 saturated heterocycles. The van der Waals surface area contributed by atoms with Gasteiger partial charge in [0.2, 0.25) is 5.91 Å². The van der Waals surface area contributed by atoms with Gasteiger partial charge in [-0.1, -0.05) is 12.1 Å². The number of anilines is 1. The van der Waals surface area contributed by atoms with Gasteiger partial charge in [0.25, 0.3) is 0 Å². The van der Waals surface area contributed by atoms with E-state index in [1.165, 1.54) is 6.92 Å². The summed E-state index contributed by atoms with van der Waals surface area (Å²) in [5.41, 5.74) is 1.54. The third kappa shape index (κ3) is 2.60. The molecular formula is C14H12N2O2. The molecule has 0 fully saturated rings. The summed E-state index contributed by atoms with van der Waals surface area (Å²) >= 11 is 0. The minimum Gasteiger partial charge on any atom is -0.326 e. The van der Waals surface area contributed by atoms with Gasteiger partial charge in [0, 0.05) is 30.4 Å². The average molecular weight is 240 g/mol. The van der Waals surface area contributed by atoms with Gasteiger partial charge < -0.3 is 5.32 Å². The third-order valence-corrected chi connectivity index (χ3v) is 2.42. The van der Waals surface area contributed by atoms with Gasteiger partial charge in [-0.05, 0) is 24.3 Å². The summed E-state index contributed by atoms with van der Waals surface area (Å²) in [5.74, 6) is -0.341. The summed E-state index contributed by atoms with van der Waals surface area (Å²) in [6, 6.07) is 10.2. The van der Waals surface area contributed by atoms with Crippen LogP contribution in [-0.4, -0.2) is 16.7 Å². The van der Waals surface area contributed by atoms with Crippen molar-refractivity contribution in [1.29, 1.82) is 0 Å². The molecule has 0 aliphatic rings. The molecule has 4 nitrogen and oxygen atoms in total. The number of carbonyl (C=O) groups is 2. The lowest BCUT2D eigenvalue weighted by atomic mass is 10.0. The zero-order valence-electron chi connectivity index (χ0n) is 9.88. The average Bonchev–Trinajstić information content (AvgIpc) is 2.39. The van der Waals surface area contributed by atoms with Gasteiger partial charge in [0.15, 0.2) is 5.78 Å². The van der Waals surface area contributed by atoms with Crippen LogP contribution in [0, 0.1) is 0 Å². The Kier molecular flexibility index (Phi) is 3.48. The van der Waals surface area contributed by atoms with E-state index in [4.69, 9.17) is 0 Å². The molecule has 0 radical (unpaired) electrons. The maximum absolute atomic E-state index is 12.3. The Morgan fingerprint density at radius 1 is 1.06 bits per heavy atom. The number of carbonyl (C=O) groups excluding carboxylic acids is 2. The van der Waals surface area contributed by atoms with Crippen LogP contribution in [0.2, 0.25) is 0 Å². The second kappa shape index (κ2) is 5.23. The molecule has 2 rings (SSSR count).